The first-order chi connectivity index (χ1) is 3.38. The van der Waals surface area contributed by atoms with Gasteiger partial charge in [0.2, 0.25) is 0 Å². The minimum absolute atomic E-state index is 1.02. The monoisotopic (exact) mass is 130 g/mol. The lowest BCUT2D eigenvalue weighted by Crippen LogP contribution is -2.54. The van der Waals surface area contributed by atoms with E-state index >= 15 is 0 Å². The molecule has 0 aromatic carbocycles. The molecule has 0 saturated carbocycles. The molecule has 3 aliphatic rings. The zero-order chi connectivity index (χ0) is 4.85. The van der Waals surface area contributed by atoms with Crippen LogP contribution in [0.2, 0.25) is 0 Å². The Balaban J connectivity index is 2.24. The van der Waals surface area contributed by atoms with Crippen molar-refractivity contribution in [3.8, 4) is 0 Å². The molecule has 0 atom stereocenters. The first-order valence-corrected chi connectivity index (χ1v) is 5.00. The highest BCUT2D eigenvalue weighted by Gasteiger charge is 2.45. The molecular weight excluding hydrogens is 126 g/mol. The van der Waals surface area contributed by atoms with Crippen LogP contribution >= 0.6 is 10.0 Å². The number of hydrogen-bond acceptors (Lipinski definition) is 2. The van der Waals surface area contributed by atoms with Gasteiger partial charge in [-0.2, -0.15) is 10.0 Å². The Morgan fingerprint density at radius 3 is 2.14 bits per heavy atom. The summed E-state index contributed by atoms with van der Waals surface area (Å²) in [4.78, 5) is 0. The van der Waals surface area contributed by atoms with E-state index in [0.29, 0.717) is 0 Å². The molecule has 3 rings (SSSR count). The molecule has 0 spiro atoms. The second-order valence-corrected chi connectivity index (χ2v) is 4.90. The van der Waals surface area contributed by atoms with E-state index in [-0.39, 0.29) is 0 Å². The molecule has 36 valence electrons. The quantitative estimate of drug-likeness (QED) is 0.435. The lowest BCUT2D eigenvalue weighted by molar-refractivity contribution is 0.361. The molecular formula is C3H4AlClN2. The van der Waals surface area contributed by atoms with Gasteiger partial charge in [-0.3, -0.25) is 0 Å². The van der Waals surface area contributed by atoms with Gasteiger partial charge in [0, 0.05) is 6.67 Å². The van der Waals surface area contributed by atoms with Crippen LogP contribution in [0.25, 0.3) is 0 Å². The molecule has 0 aromatic heterocycles. The van der Waals surface area contributed by atoms with Gasteiger partial charge in [-0.15, -0.1) is 0 Å². The fourth-order valence-corrected chi connectivity index (χ4v) is 2.76. The molecule has 4 heteroatoms. The Morgan fingerprint density at radius 1 is 1.43 bits per heavy atom. The van der Waals surface area contributed by atoms with Crippen molar-refractivity contribution in [2.24, 2.45) is 0 Å². The molecule has 3 aliphatic heterocycles. The number of halogens is 1. The van der Waals surface area contributed by atoms with E-state index in [0.717, 1.165) is 6.67 Å². The summed E-state index contributed by atoms with van der Waals surface area (Å²) < 4.78 is 4.39. The molecule has 0 unspecified atom stereocenters. The molecule has 1 fully saturated rings. The first kappa shape index (κ1) is 4.08. The summed E-state index contributed by atoms with van der Waals surface area (Å²) in [5.74, 6) is 0. The van der Waals surface area contributed by atoms with Crippen molar-refractivity contribution in [1.29, 1.82) is 0 Å². The van der Waals surface area contributed by atoms with Crippen LogP contribution in [0.3, 0.4) is 0 Å². The van der Waals surface area contributed by atoms with Crippen molar-refractivity contribution in [3.05, 3.63) is 12.4 Å². The third-order valence-corrected chi connectivity index (χ3v) is 4.59. The molecule has 7 heavy (non-hydrogen) atoms. The standard InChI is InChI=1S/C3H4N2.Al.ClH/c1-2-5-3-4-1;;/h1-2H,3H2;;1H/q-2;+3;/p-1. The van der Waals surface area contributed by atoms with E-state index in [4.69, 9.17) is 10.0 Å². The highest BCUT2D eigenvalue weighted by Crippen LogP contribution is 2.24. The summed E-state index contributed by atoms with van der Waals surface area (Å²) in [5.41, 5.74) is 0. The van der Waals surface area contributed by atoms with Crippen molar-refractivity contribution in [1.82, 2.24) is 7.77 Å². The van der Waals surface area contributed by atoms with Crippen molar-refractivity contribution in [2.75, 3.05) is 6.67 Å². The SMILES string of the molecule is [Cl][Al]1[N]2C=C[N]1C2. The van der Waals surface area contributed by atoms with Crippen molar-refractivity contribution < 1.29 is 0 Å². The maximum absolute atomic E-state index is 5.84. The summed E-state index contributed by atoms with van der Waals surface area (Å²) in [6.07, 6.45) is 4.12. The average molecular weight is 131 g/mol. The van der Waals surface area contributed by atoms with E-state index in [2.05, 4.69) is 20.2 Å². The maximum atomic E-state index is 5.84. The van der Waals surface area contributed by atoms with Gasteiger partial charge >= 0.3 is 13.7 Å². The molecule has 0 radical (unpaired) electrons. The van der Waals surface area contributed by atoms with Gasteiger partial charge in [0.25, 0.3) is 0 Å². The van der Waals surface area contributed by atoms with Gasteiger partial charge in [-0.25, -0.2) is 0 Å². The lowest BCUT2D eigenvalue weighted by Gasteiger charge is -2.35. The van der Waals surface area contributed by atoms with Gasteiger partial charge in [0.15, 0.2) is 0 Å². The van der Waals surface area contributed by atoms with Crippen LogP contribution in [-0.4, -0.2) is 28.1 Å². The largest absolute Gasteiger partial charge is 0.709 e. The van der Waals surface area contributed by atoms with E-state index in [1.54, 1.807) is 0 Å². The second-order valence-electron chi connectivity index (χ2n) is 1.78. The number of hydrogen-bond donors (Lipinski definition) is 0. The fraction of sp³-hybridized carbons (Fsp3) is 0.333. The number of nitrogens with zero attached hydrogens (tertiary/aromatic N) is 2. The predicted octanol–water partition coefficient (Wildman–Crippen LogP) is 0.270. The fourth-order valence-electron chi connectivity index (χ4n) is 0.825. The molecule has 0 aliphatic carbocycles. The Morgan fingerprint density at radius 2 is 2.00 bits per heavy atom. The van der Waals surface area contributed by atoms with Gasteiger partial charge in [0.1, 0.15) is 0 Å². The zero-order valence-corrected chi connectivity index (χ0v) is 5.62. The second kappa shape index (κ2) is 1.11. The van der Waals surface area contributed by atoms with Crippen LogP contribution in [0.4, 0.5) is 0 Å². The van der Waals surface area contributed by atoms with Crippen LogP contribution in [0, 0.1) is 0 Å². The van der Waals surface area contributed by atoms with Crippen LogP contribution in [0.15, 0.2) is 12.4 Å². The molecule has 0 aromatic rings. The molecule has 0 amide bonds. The van der Waals surface area contributed by atoms with Crippen molar-refractivity contribution in [2.45, 2.75) is 0 Å². The topological polar surface area (TPSA) is 6.48 Å². The summed E-state index contributed by atoms with van der Waals surface area (Å²) in [6.45, 7) is 1.06. The lowest BCUT2D eigenvalue weighted by atomic mass is 11.0. The minimum atomic E-state index is -1.02. The minimum Gasteiger partial charge on any atom is -0.422 e. The zero-order valence-electron chi connectivity index (χ0n) is 3.71. The van der Waals surface area contributed by atoms with Crippen LogP contribution in [0.5, 0.6) is 0 Å². The first-order valence-electron chi connectivity index (χ1n) is 2.22. The molecule has 1 saturated heterocycles. The predicted molar refractivity (Wildman–Crippen MR) is 29.3 cm³/mol. The molecule has 2 nitrogen and oxygen atoms in total. The normalized spacial score (nSPS) is 23.9. The van der Waals surface area contributed by atoms with Gasteiger partial charge in [0.05, 0.1) is 0 Å². The van der Waals surface area contributed by atoms with Crippen LogP contribution < -0.4 is 0 Å². The Hall–Kier alpha value is 0.162. The highest BCUT2D eigenvalue weighted by molar-refractivity contribution is 7.05. The van der Waals surface area contributed by atoms with E-state index in [1.807, 2.05) is 0 Å². The third-order valence-electron chi connectivity index (χ3n) is 1.32. The van der Waals surface area contributed by atoms with Crippen LogP contribution in [-0.2, 0) is 0 Å². The summed E-state index contributed by atoms with van der Waals surface area (Å²) >= 11 is -1.02. The van der Waals surface area contributed by atoms with Gasteiger partial charge in [-0.05, 0) is 12.4 Å². The van der Waals surface area contributed by atoms with E-state index < -0.39 is 13.7 Å². The van der Waals surface area contributed by atoms with E-state index in [1.165, 1.54) is 0 Å². The van der Waals surface area contributed by atoms with Crippen molar-refractivity contribution >= 4 is 23.7 Å². The van der Waals surface area contributed by atoms with E-state index in [9.17, 15) is 0 Å². The van der Waals surface area contributed by atoms with Gasteiger partial charge in [-0.1, -0.05) is 0 Å². The Labute approximate surface area is 51.0 Å². The molecule has 2 bridgehead atoms. The third kappa shape index (κ3) is 0.362. The summed E-state index contributed by atoms with van der Waals surface area (Å²) in [6, 6.07) is 0. The van der Waals surface area contributed by atoms with Crippen molar-refractivity contribution in [3.63, 3.8) is 0 Å². The highest BCUT2D eigenvalue weighted by atomic mass is 35.6. The van der Waals surface area contributed by atoms with Gasteiger partial charge < -0.3 is 7.77 Å². The Bertz CT molecular complexity index is 114. The summed E-state index contributed by atoms with van der Waals surface area (Å²) in [7, 11) is 5.84. The number of rotatable bonds is 0. The van der Waals surface area contributed by atoms with Crippen LogP contribution in [0.1, 0.15) is 0 Å². The maximum Gasteiger partial charge on any atom is 0.709 e. The summed E-state index contributed by atoms with van der Waals surface area (Å²) in [5, 5.41) is 0. The Kier molecular flexibility index (Phi) is 0.648. The smallest absolute Gasteiger partial charge is 0.422 e. The molecule has 3 heterocycles. The molecule has 0 N–H and O–H groups in total. The average Bonchev–Trinajstić information content (AvgIpc) is 2.18.